The lowest BCUT2D eigenvalue weighted by Crippen LogP contribution is -2.36. The molecule has 0 saturated heterocycles. The van der Waals surface area contributed by atoms with Crippen LogP contribution in [0.3, 0.4) is 0 Å². The number of rotatable bonds is 4. The molecule has 5 aromatic rings. The van der Waals surface area contributed by atoms with E-state index in [4.69, 9.17) is 15.0 Å². The molecule has 0 saturated carbocycles. The zero-order valence-electron chi connectivity index (χ0n) is 26.8. The highest BCUT2D eigenvalue weighted by atomic mass is 16.3. The van der Waals surface area contributed by atoms with E-state index < -0.39 is 5.60 Å². The fraction of sp³-hybridized carbons (Fsp3) is 0.0227. The van der Waals surface area contributed by atoms with Gasteiger partial charge in [0.1, 0.15) is 5.70 Å². The normalized spacial score (nSPS) is 22.4. The van der Waals surface area contributed by atoms with Crippen LogP contribution in [0.25, 0.3) is 16.7 Å². The van der Waals surface area contributed by atoms with Gasteiger partial charge < -0.3 is 15.2 Å². The molecule has 0 aliphatic carbocycles. The summed E-state index contributed by atoms with van der Waals surface area (Å²) >= 11 is 0. The number of aliphatic hydroxyl groups excluding tert-OH is 1. The van der Waals surface area contributed by atoms with Crippen LogP contribution in [0.4, 0.5) is 0 Å². The topological polar surface area (TPSA) is 93.3 Å². The van der Waals surface area contributed by atoms with Gasteiger partial charge in [0.15, 0.2) is 11.4 Å². The van der Waals surface area contributed by atoms with Gasteiger partial charge >= 0.3 is 0 Å². The van der Waals surface area contributed by atoms with Gasteiger partial charge in [-0.25, -0.2) is 9.98 Å². The molecule has 4 aliphatic heterocycles. The summed E-state index contributed by atoms with van der Waals surface area (Å²) in [5.74, 6) is 0.0431. The Morgan fingerprint density at radius 3 is 1.76 bits per heavy atom. The van der Waals surface area contributed by atoms with Crippen LogP contribution in [0.5, 0.6) is 0 Å². The molecular weight excluding hydrogens is 617 g/mol. The van der Waals surface area contributed by atoms with Crippen LogP contribution in [0.2, 0.25) is 0 Å². The Hall–Kier alpha value is -6.63. The van der Waals surface area contributed by atoms with Crippen LogP contribution in [-0.4, -0.2) is 32.8 Å². The number of nitrogens with zero attached hydrogens (tertiary/aromatic N) is 3. The molecule has 6 heteroatoms. The molecule has 4 aromatic carbocycles. The third kappa shape index (κ3) is 4.73. The maximum atomic E-state index is 12.9. The summed E-state index contributed by atoms with van der Waals surface area (Å²) in [5.41, 5.74) is 8.78. The van der Waals surface area contributed by atoms with E-state index in [0.29, 0.717) is 56.6 Å². The Morgan fingerprint density at radius 1 is 0.540 bits per heavy atom. The van der Waals surface area contributed by atoms with Gasteiger partial charge in [-0.05, 0) is 58.7 Å². The SMILES string of the molecule is OC1=C2N=C/C1=C(\c1ccccc1)c1ccc([nH]1)C(O)(c1ccccc1)C1=N/C(=C(/c3ccccc3)C3=NC(=C2c2ccccc2)C=C3)C=C1. The van der Waals surface area contributed by atoms with E-state index in [1.54, 1.807) is 6.21 Å². The number of aliphatic hydroxyl groups is 2. The number of aliphatic imine (C=N–C) groups is 3. The second-order valence-electron chi connectivity index (χ2n) is 12.4. The van der Waals surface area contributed by atoms with Crippen molar-refractivity contribution in [2.75, 3.05) is 0 Å². The van der Waals surface area contributed by atoms with Gasteiger partial charge in [0.2, 0.25) is 0 Å². The molecule has 4 aliphatic rings. The lowest BCUT2D eigenvalue weighted by molar-refractivity contribution is 0.152. The largest absolute Gasteiger partial charge is 0.505 e. The second kappa shape index (κ2) is 11.8. The summed E-state index contributed by atoms with van der Waals surface area (Å²) in [4.78, 5) is 18.8. The molecule has 9 rings (SSSR count). The first-order chi connectivity index (χ1) is 24.6. The summed E-state index contributed by atoms with van der Waals surface area (Å²) in [7, 11) is 0. The monoisotopic (exact) mass is 646 g/mol. The molecule has 5 heterocycles. The van der Waals surface area contributed by atoms with Gasteiger partial charge in [-0.15, -0.1) is 0 Å². The first kappa shape index (κ1) is 29.5. The number of fused-ring (bicyclic) bond motifs is 5. The minimum Gasteiger partial charge on any atom is -0.505 e. The first-order valence-electron chi connectivity index (χ1n) is 16.5. The smallest absolute Gasteiger partial charge is 0.172 e. The van der Waals surface area contributed by atoms with Gasteiger partial charge in [-0.1, -0.05) is 121 Å². The van der Waals surface area contributed by atoms with Crippen molar-refractivity contribution < 1.29 is 10.2 Å². The summed E-state index contributed by atoms with van der Waals surface area (Å²) in [6.45, 7) is 0. The number of nitrogens with one attached hydrogen (secondary N) is 1. The van der Waals surface area contributed by atoms with Gasteiger partial charge in [0.25, 0.3) is 0 Å². The van der Waals surface area contributed by atoms with Gasteiger partial charge in [0, 0.05) is 34.2 Å². The van der Waals surface area contributed by atoms with Gasteiger partial charge in [0.05, 0.1) is 28.5 Å². The molecule has 0 amide bonds. The fourth-order valence-electron chi connectivity index (χ4n) is 7.06. The van der Waals surface area contributed by atoms with Crippen LogP contribution < -0.4 is 0 Å². The van der Waals surface area contributed by atoms with E-state index in [-0.39, 0.29) is 5.76 Å². The molecule has 0 fully saturated rings. The lowest BCUT2D eigenvalue weighted by Gasteiger charge is -2.27. The fourth-order valence-corrected chi connectivity index (χ4v) is 7.06. The molecule has 3 N–H and O–H groups in total. The molecule has 1 aromatic heterocycles. The maximum Gasteiger partial charge on any atom is 0.172 e. The molecule has 8 bridgehead atoms. The third-order valence-corrected chi connectivity index (χ3v) is 9.45. The molecule has 0 radical (unpaired) electrons. The Labute approximate surface area is 289 Å². The van der Waals surface area contributed by atoms with E-state index in [9.17, 15) is 10.2 Å². The summed E-state index contributed by atoms with van der Waals surface area (Å²) < 4.78 is 0. The van der Waals surface area contributed by atoms with Crippen molar-refractivity contribution in [1.82, 2.24) is 4.98 Å². The van der Waals surface area contributed by atoms with Crippen LogP contribution in [0.15, 0.2) is 201 Å². The van der Waals surface area contributed by atoms with E-state index >= 15 is 0 Å². The second-order valence-corrected chi connectivity index (χ2v) is 12.4. The standard InChI is InChI=1S/C44H30N4O2/c49-43-32-27-45-42(43)41(30-17-9-3-10-18-30)36-22-21-34(46-36)40(29-15-7-2-8-16-29)35-24-26-38(48-35)44(50,31-19-11-4-12-20-31)37-25-23-33(47-37)39(32)28-13-5-1-6-14-28/h1-27,47,49-50H/b39-32-,40-35-,41-36?. The highest BCUT2D eigenvalue weighted by Crippen LogP contribution is 2.42. The number of aromatic amines is 1. The van der Waals surface area contributed by atoms with E-state index in [1.165, 1.54) is 0 Å². The third-order valence-electron chi connectivity index (χ3n) is 9.45. The Kier molecular flexibility index (Phi) is 6.97. The molecule has 50 heavy (non-hydrogen) atoms. The number of hydrogen-bond donors (Lipinski definition) is 3. The molecule has 0 spiro atoms. The predicted octanol–water partition coefficient (Wildman–Crippen LogP) is 8.76. The number of aromatic nitrogens is 1. The maximum absolute atomic E-state index is 12.9. The number of allylic oxidation sites excluding steroid dienone is 6. The lowest BCUT2D eigenvalue weighted by atomic mass is 9.86. The molecule has 1 atom stereocenters. The molecule has 1 unspecified atom stereocenters. The van der Waals surface area contributed by atoms with Gasteiger partial charge in [-0.3, -0.25) is 4.99 Å². The average Bonchev–Trinajstić information content (AvgIpc) is 4.01. The Bertz CT molecular complexity index is 2460. The Morgan fingerprint density at radius 2 is 1.10 bits per heavy atom. The van der Waals surface area contributed by atoms with Crippen LogP contribution in [-0.2, 0) is 5.60 Å². The van der Waals surface area contributed by atoms with Crippen LogP contribution in [0, 0.1) is 0 Å². The highest BCUT2D eigenvalue weighted by Gasteiger charge is 2.40. The zero-order valence-corrected chi connectivity index (χ0v) is 26.8. The van der Waals surface area contributed by atoms with Crippen LogP contribution in [0.1, 0.15) is 33.6 Å². The Balaban J connectivity index is 1.40. The summed E-state index contributed by atoms with van der Waals surface area (Å²) in [6.07, 6.45) is 9.50. The van der Waals surface area contributed by atoms with Crippen molar-refractivity contribution in [2.24, 2.45) is 15.0 Å². The van der Waals surface area contributed by atoms with Crippen molar-refractivity contribution in [3.8, 4) is 0 Å². The highest BCUT2D eigenvalue weighted by molar-refractivity contribution is 6.32. The molecule has 6 nitrogen and oxygen atoms in total. The van der Waals surface area contributed by atoms with Crippen molar-refractivity contribution >= 4 is 34.4 Å². The number of benzene rings is 4. The number of H-pyrrole nitrogens is 1. The molecular formula is C44H30N4O2. The predicted molar refractivity (Wildman–Crippen MR) is 201 cm³/mol. The van der Waals surface area contributed by atoms with Crippen LogP contribution >= 0.6 is 0 Å². The van der Waals surface area contributed by atoms with Crippen molar-refractivity contribution in [3.63, 3.8) is 0 Å². The van der Waals surface area contributed by atoms with E-state index in [2.05, 4.69) is 4.98 Å². The quantitative estimate of drug-likeness (QED) is 0.182. The zero-order chi connectivity index (χ0) is 33.7. The van der Waals surface area contributed by atoms with Crippen molar-refractivity contribution in [3.05, 3.63) is 220 Å². The first-order valence-corrected chi connectivity index (χ1v) is 16.5. The molecule has 238 valence electrons. The summed E-state index contributed by atoms with van der Waals surface area (Å²) in [6, 6.07) is 43.2. The van der Waals surface area contributed by atoms with E-state index in [1.807, 2.05) is 158 Å². The van der Waals surface area contributed by atoms with Gasteiger partial charge in [-0.2, -0.15) is 0 Å². The number of hydrogen-bond acceptors (Lipinski definition) is 5. The van der Waals surface area contributed by atoms with Crippen molar-refractivity contribution in [2.45, 2.75) is 5.60 Å². The average molecular weight is 647 g/mol. The van der Waals surface area contributed by atoms with Crippen molar-refractivity contribution in [1.29, 1.82) is 0 Å². The summed E-state index contributed by atoms with van der Waals surface area (Å²) in [5, 5.41) is 25.1. The minimum atomic E-state index is -1.63. The van der Waals surface area contributed by atoms with E-state index in [0.717, 1.165) is 27.8 Å². The minimum absolute atomic E-state index is 0.0431.